The minimum atomic E-state index is -0.379. The third-order valence-corrected chi connectivity index (χ3v) is 3.78. The van der Waals surface area contributed by atoms with Gasteiger partial charge in [-0.3, -0.25) is 4.79 Å². The van der Waals surface area contributed by atoms with Crippen LogP contribution in [0.3, 0.4) is 0 Å². The fraction of sp³-hybridized carbons (Fsp3) is 0.409. The van der Waals surface area contributed by atoms with Gasteiger partial charge in [-0.25, -0.2) is 0 Å². The largest absolute Gasteiger partial charge is 0.491 e. The number of carbonyl (C=O) groups excluding carboxylic acids is 1. The van der Waals surface area contributed by atoms with Gasteiger partial charge in [-0.05, 0) is 43.5 Å². The SMILES string of the molecule is CC(C)N[C@@H](Cc1ccc(OC(C)C)cc1)C(=O)OCc1ccccc1. The highest BCUT2D eigenvalue weighted by atomic mass is 16.5. The summed E-state index contributed by atoms with van der Waals surface area (Å²) in [5, 5.41) is 3.31. The van der Waals surface area contributed by atoms with Crippen molar-refractivity contribution in [3.05, 3.63) is 65.7 Å². The number of carbonyl (C=O) groups is 1. The van der Waals surface area contributed by atoms with Crippen LogP contribution in [-0.4, -0.2) is 24.2 Å². The molecule has 0 bridgehead atoms. The van der Waals surface area contributed by atoms with E-state index in [0.29, 0.717) is 6.42 Å². The molecule has 0 radical (unpaired) electrons. The van der Waals surface area contributed by atoms with Crippen LogP contribution < -0.4 is 10.1 Å². The van der Waals surface area contributed by atoms with Gasteiger partial charge in [-0.2, -0.15) is 0 Å². The Labute approximate surface area is 156 Å². The lowest BCUT2D eigenvalue weighted by Gasteiger charge is -2.20. The smallest absolute Gasteiger partial charge is 0.323 e. The molecule has 0 fully saturated rings. The predicted octanol–water partition coefficient (Wildman–Crippen LogP) is 4.13. The maximum atomic E-state index is 12.6. The molecule has 140 valence electrons. The minimum absolute atomic E-state index is 0.143. The van der Waals surface area contributed by atoms with Crippen molar-refractivity contribution in [1.82, 2.24) is 5.32 Å². The standard InChI is InChI=1S/C22H29NO3/c1-16(2)23-21(22(24)25-15-19-8-6-5-7-9-19)14-18-10-12-20(13-11-18)26-17(3)4/h5-13,16-17,21,23H,14-15H2,1-4H3/t21-/m0/s1. The number of benzene rings is 2. The zero-order chi connectivity index (χ0) is 18.9. The number of ether oxygens (including phenoxy) is 2. The van der Waals surface area contributed by atoms with Crippen LogP contribution in [0.2, 0.25) is 0 Å². The van der Waals surface area contributed by atoms with Crippen LogP contribution in [0.15, 0.2) is 54.6 Å². The van der Waals surface area contributed by atoms with Gasteiger partial charge in [0.05, 0.1) is 6.10 Å². The van der Waals surface area contributed by atoms with Gasteiger partial charge in [-0.1, -0.05) is 56.3 Å². The fourth-order valence-corrected chi connectivity index (χ4v) is 2.65. The highest BCUT2D eigenvalue weighted by Crippen LogP contribution is 2.15. The molecule has 0 heterocycles. The first kappa shape index (κ1) is 20.0. The molecule has 0 spiro atoms. The summed E-state index contributed by atoms with van der Waals surface area (Å²) in [7, 11) is 0. The van der Waals surface area contributed by atoms with E-state index in [1.165, 1.54) is 0 Å². The van der Waals surface area contributed by atoms with Crippen LogP contribution in [-0.2, 0) is 22.6 Å². The van der Waals surface area contributed by atoms with Crippen molar-refractivity contribution in [3.8, 4) is 5.75 Å². The van der Waals surface area contributed by atoms with Crippen LogP contribution in [0.25, 0.3) is 0 Å². The van der Waals surface area contributed by atoms with E-state index in [2.05, 4.69) is 5.32 Å². The fourth-order valence-electron chi connectivity index (χ4n) is 2.65. The maximum Gasteiger partial charge on any atom is 0.323 e. The van der Waals surface area contributed by atoms with E-state index in [1.807, 2.05) is 82.3 Å². The quantitative estimate of drug-likeness (QED) is 0.687. The Morgan fingerprint density at radius 2 is 1.58 bits per heavy atom. The summed E-state index contributed by atoms with van der Waals surface area (Å²) < 4.78 is 11.2. The zero-order valence-electron chi connectivity index (χ0n) is 16.1. The lowest BCUT2D eigenvalue weighted by atomic mass is 10.0. The van der Waals surface area contributed by atoms with Crippen molar-refractivity contribution in [2.24, 2.45) is 0 Å². The average molecular weight is 355 g/mol. The predicted molar refractivity (Wildman–Crippen MR) is 104 cm³/mol. The molecule has 1 N–H and O–H groups in total. The average Bonchev–Trinajstić information content (AvgIpc) is 2.61. The lowest BCUT2D eigenvalue weighted by molar-refractivity contribution is -0.147. The molecule has 0 aliphatic rings. The summed E-state index contributed by atoms with van der Waals surface area (Å²) in [6.45, 7) is 8.34. The van der Waals surface area contributed by atoms with E-state index in [9.17, 15) is 4.79 Å². The van der Waals surface area contributed by atoms with Crippen molar-refractivity contribution >= 4 is 5.97 Å². The van der Waals surface area contributed by atoms with Crippen molar-refractivity contribution in [2.75, 3.05) is 0 Å². The first-order chi connectivity index (χ1) is 12.4. The molecule has 0 aliphatic heterocycles. The first-order valence-electron chi connectivity index (χ1n) is 9.16. The molecule has 2 aromatic rings. The van der Waals surface area contributed by atoms with Crippen LogP contribution in [0, 0.1) is 0 Å². The van der Waals surface area contributed by atoms with Crippen LogP contribution >= 0.6 is 0 Å². The Bertz CT molecular complexity index is 666. The molecule has 1 atom stereocenters. The topological polar surface area (TPSA) is 47.6 Å². The molecular formula is C22H29NO3. The molecule has 0 unspecified atom stereocenters. The Kier molecular flexibility index (Phi) is 7.67. The van der Waals surface area contributed by atoms with Gasteiger partial charge in [-0.15, -0.1) is 0 Å². The van der Waals surface area contributed by atoms with Gasteiger partial charge in [0, 0.05) is 6.04 Å². The Hall–Kier alpha value is -2.33. The Morgan fingerprint density at radius 1 is 0.923 bits per heavy atom. The molecule has 2 rings (SSSR count). The molecule has 2 aromatic carbocycles. The molecule has 26 heavy (non-hydrogen) atoms. The van der Waals surface area contributed by atoms with Crippen LogP contribution in [0.5, 0.6) is 5.75 Å². The summed E-state index contributed by atoms with van der Waals surface area (Å²) in [5.41, 5.74) is 2.05. The minimum Gasteiger partial charge on any atom is -0.491 e. The van der Waals surface area contributed by atoms with E-state index in [-0.39, 0.29) is 30.8 Å². The second kappa shape index (κ2) is 9.97. The number of hydrogen-bond donors (Lipinski definition) is 1. The molecule has 0 aliphatic carbocycles. The van der Waals surface area contributed by atoms with Gasteiger partial charge in [0.2, 0.25) is 0 Å². The van der Waals surface area contributed by atoms with Crippen molar-refractivity contribution in [3.63, 3.8) is 0 Å². The van der Waals surface area contributed by atoms with Gasteiger partial charge >= 0.3 is 5.97 Å². The van der Waals surface area contributed by atoms with E-state index in [0.717, 1.165) is 16.9 Å². The highest BCUT2D eigenvalue weighted by molar-refractivity contribution is 5.76. The van der Waals surface area contributed by atoms with Crippen molar-refractivity contribution in [1.29, 1.82) is 0 Å². The van der Waals surface area contributed by atoms with Crippen LogP contribution in [0.4, 0.5) is 0 Å². The maximum absolute atomic E-state index is 12.6. The normalized spacial score (nSPS) is 12.2. The van der Waals surface area contributed by atoms with Gasteiger partial charge in [0.1, 0.15) is 18.4 Å². The summed E-state index contributed by atoms with van der Waals surface area (Å²) in [4.78, 5) is 12.6. The number of hydrogen-bond acceptors (Lipinski definition) is 4. The molecule has 0 saturated heterocycles. The molecule has 0 aromatic heterocycles. The summed E-state index contributed by atoms with van der Waals surface area (Å²) in [6.07, 6.45) is 0.720. The highest BCUT2D eigenvalue weighted by Gasteiger charge is 2.21. The molecule has 0 saturated carbocycles. The van der Waals surface area contributed by atoms with Gasteiger partial charge < -0.3 is 14.8 Å². The summed E-state index contributed by atoms with van der Waals surface area (Å²) in [5.74, 6) is 0.605. The van der Waals surface area contributed by atoms with E-state index < -0.39 is 0 Å². The van der Waals surface area contributed by atoms with Crippen LogP contribution in [0.1, 0.15) is 38.8 Å². The van der Waals surface area contributed by atoms with Gasteiger partial charge in [0.25, 0.3) is 0 Å². The third-order valence-electron chi connectivity index (χ3n) is 3.78. The Morgan fingerprint density at radius 3 is 2.15 bits per heavy atom. The zero-order valence-corrected chi connectivity index (χ0v) is 16.1. The van der Waals surface area contributed by atoms with Gasteiger partial charge in [0.15, 0.2) is 0 Å². The van der Waals surface area contributed by atoms with Crippen molar-refractivity contribution in [2.45, 2.75) is 58.9 Å². The number of esters is 1. The van der Waals surface area contributed by atoms with E-state index >= 15 is 0 Å². The molecule has 4 nitrogen and oxygen atoms in total. The molecule has 0 amide bonds. The number of nitrogens with one attached hydrogen (secondary N) is 1. The molecular weight excluding hydrogens is 326 g/mol. The second-order valence-corrected chi connectivity index (χ2v) is 6.98. The van der Waals surface area contributed by atoms with E-state index in [4.69, 9.17) is 9.47 Å². The van der Waals surface area contributed by atoms with E-state index in [1.54, 1.807) is 0 Å². The number of rotatable bonds is 9. The second-order valence-electron chi connectivity index (χ2n) is 6.98. The monoisotopic (exact) mass is 355 g/mol. The molecule has 4 heteroatoms. The summed E-state index contributed by atoms with van der Waals surface area (Å²) in [6, 6.07) is 17.4. The van der Waals surface area contributed by atoms with Crippen molar-refractivity contribution < 1.29 is 14.3 Å². The third kappa shape index (κ3) is 6.89. The lowest BCUT2D eigenvalue weighted by Crippen LogP contribution is -2.43. The Balaban J connectivity index is 1.98. The summed E-state index contributed by atoms with van der Waals surface area (Å²) >= 11 is 0. The first-order valence-corrected chi connectivity index (χ1v) is 9.16.